The Morgan fingerprint density at radius 2 is 1.48 bits per heavy atom. The highest BCUT2D eigenvalue weighted by Gasteiger charge is 2.33. The van der Waals surface area contributed by atoms with Crippen LogP contribution in [-0.2, 0) is 22.7 Å². The van der Waals surface area contributed by atoms with Gasteiger partial charge in [-0.1, -0.05) is 24.3 Å². The molecule has 252 valence electrons. The number of carbonyl (C=O) groups is 2. The van der Waals surface area contributed by atoms with E-state index in [0.717, 1.165) is 54.1 Å². The summed E-state index contributed by atoms with van der Waals surface area (Å²) < 4.78 is 27.5. The number of nitrogens with zero attached hydrogens (tertiary/aromatic N) is 3. The van der Waals surface area contributed by atoms with E-state index in [2.05, 4.69) is 41.8 Å². The lowest BCUT2D eigenvalue weighted by molar-refractivity contribution is -0.138. The van der Waals surface area contributed by atoms with Gasteiger partial charge in [0.1, 0.15) is 43.7 Å². The number of thiophene rings is 2. The lowest BCUT2D eigenvalue weighted by Crippen LogP contribution is -2.35. The molecule has 0 atom stereocenters. The van der Waals surface area contributed by atoms with Crippen molar-refractivity contribution >= 4 is 79.4 Å². The van der Waals surface area contributed by atoms with Crippen LogP contribution in [-0.4, -0.2) is 57.7 Å². The zero-order valence-corrected chi connectivity index (χ0v) is 28.6. The van der Waals surface area contributed by atoms with Gasteiger partial charge in [-0.2, -0.15) is 5.26 Å². The van der Waals surface area contributed by atoms with Crippen molar-refractivity contribution in [1.29, 1.82) is 5.26 Å². The van der Waals surface area contributed by atoms with Gasteiger partial charge in [0, 0.05) is 28.4 Å². The maximum absolute atomic E-state index is 13.4. The van der Waals surface area contributed by atoms with Gasteiger partial charge in [0.25, 0.3) is 5.56 Å². The quantitative estimate of drug-likeness (QED) is 0.236. The average Bonchev–Trinajstić information content (AvgIpc) is 3.85. The molecule has 0 saturated carbocycles. The number of aliphatic carboxylic acids is 2. The normalized spacial score (nSPS) is 14.6. The van der Waals surface area contributed by atoms with Crippen LogP contribution in [0, 0.1) is 11.3 Å². The summed E-state index contributed by atoms with van der Waals surface area (Å²) in [4.78, 5) is 39.6. The Bertz CT molecular complexity index is 2630. The number of carboxylic acids is 2. The number of benzene rings is 2. The van der Waals surface area contributed by atoms with Crippen molar-refractivity contribution in [2.75, 3.05) is 26.4 Å². The van der Waals surface area contributed by atoms with E-state index in [-0.39, 0.29) is 15.8 Å². The van der Waals surface area contributed by atoms with E-state index in [1.807, 2.05) is 12.1 Å². The van der Waals surface area contributed by atoms with Gasteiger partial charge in [0.15, 0.2) is 28.6 Å². The number of hydrogen-bond donors (Lipinski definition) is 2. The third-order valence-electron chi connectivity index (χ3n) is 8.38. The SMILES string of the molecule is CCn1c2ccccc2c2cc(-c3sc(-c4sc(/C=c5\s/c(=C(\C#N)C(=O)O)n(CC(=O)O)c5=O)c5c4OCCO5)c4c3OCCO4)ccc21. The van der Waals surface area contributed by atoms with Crippen molar-refractivity contribution in [3.05, 3.63) is 66.9 Å². The van der Waals surface area contributed by atoms with Crippen molar-refractivity contribution in [3.8, 4) is 49.3 Å². The maximum atomic E-state index is 13.4. The van der Waals surface area contributed by atoms with Gasteiger partial charge < -0.3 is 33.7 Å². The molecule has 50 heavy (non-hydrogen) atoms. The van der Waals surface area contributed by atoms with E-state index < -0.39 is 29.6 Å². The molecule has 2 aliphatic rings. The molecular weight excluding hydrogens is 703 g/mol. The highest BCUT2D eigenvalue weighted by molar-refractivity contribution is 7.25. The van der Waals surface area contributed by atoms with Crippen LogP contribution in [0.3, 0.4) is 0 Å². The lowest BCUT2D eigenvalue weighted by atomic mass is 10.1. The van der Waals surface area contributed by atoms with Crippen LogP contribution in [0.1, 0.15) is 11.8 Å². The number of aromatic nitrogens is 2. The number of carboxylic acid groups (broad SMARTS) is 2. The number of nitriles is 1. The van der Waals surface area contributed by atoms with Crippen molar-refractivity contribution in [3.63, 3.8) is 0 Å². The number of ether oxygens (including phenoxy) is 4. The first-order chi connectivity index (χ1) is 24.3. The van der Waals surface area contributed by atoms with Gasteiger partial charge >= 0.3 is 11.9 Å². The van der Waals surface area contributed by atoms with Gasteiger partial charge in [-0.05, 0) is 36.8 Å². The smallest absolute Gasteiger partial charge is 0.349 e. The van der Waals surface area contributed by atoms with E-state index in [0.29, 0.717) is 52.6 Å². The summed E-state index contributed by atoms with van der Waals surface area (Å²) in [6.45, 7) is 3.44. The maximum Gasteiger partial charge on any atom is 0.349 e. The molecule has 0 radical (unpaired) electrons. The largest absolute Gasteiger partial charge is 0.485 e. The van der Waals surface area contributed by atoms with Crippen LogP contribution in [0.15, 0.2) is 47.3 Å². The van der Waals surface area contributed by atoms with Gasteiger partial charge in [0.2, 0.25) is 0 Å². The van der Waals surface area contributed by atoms with E-state index in [4.69, 9.17) is 18.9 Å². The Morgan fingerprint density at radius 3 is 2.16 bits per heavy atom. The van der Waals surface area contributed by atoms with Crippen LogP contribution in [0.4, 0.5) is 0 Å². The molecule has 6 heterocycles. The standard InChI is InChI=1S/C35H25N3O9S3/c1-2-37-21-6-4-3-5-18(21)19-13-17(7-8-22(19)37)30-28-29(47-12-11-46-28)32(50-30)31-27-26(44-9-10-45-27)23(48-31)14-24-33(41)38(16-25(39)40)34(49-24)20(15-36)35(42)43/h3-8,13-14H,2,9-12,16H2,1H3,(H,39,40)(H,42,43)/b24-14-,34-20+. The van der Waals surface area contributed by atoms with E-state index in [9.17, 15) is 29.9 Å². The first-order valence-electron chi connectivity index (χ1n) is 15.5. The second kappa shape index (κ2) is 12.4. The van der Waals surface area contributed by atoms with Crippen molar-refractivity contribution in [1.82, 2.24) is 9.13 Å². The Hall–Kier alpha value is -5.56. The molecule has 4 aromatic heterocycles. The fraction of sp³-hybridized carbons (Fsp3) is 0.200. The van der Waals surface area contributed by atoms with E-state index in [1.54, 1.807) is 6.07 Å². The molecule has 0 aliphatic carbocycles. The minimum atomic E-state index is -1.57. The highest BCUT2D eigenvalue weighted by Crippen LogP contribution is 2.59. The summed E-state index contributed by atoms with van der Waals surface area (Å²) >= 11 is 3.52. The fourth-order valence-corrected chi connectivity index (χ4v) is 9.93. The van der Waals surface area contributed by atoms with Gasteiger partial charge in [-0.25, -0.2) is 4.79 Å². The molecule has 0 fully saturated rings. The van der Waals surface area contributed by atoms with E-state index in [1.165, 1.54) is 34.3 Å². The minimum Gasteiger partial charge on any atom is -0.485 e. The van der Waals surface area contributed by atoms with Crippen LogP contribution >= 0.6 is 34.0 Å². The summed E-state index contributed by atoms with van der Waals surface area (Å²) in [6, 6.07) is 16.3. The predicted octanol–water partition coefficient (Wildman–Crippen LogP) is 4.71. The zero-order valence-electron chi connectivity index (χ0n) is 26.2. The molecule has 2 aromatic carbocycles. The molecule has 0 amide bonds. The number of fused-ring (bicyclic) bond motifs is 5. The van der Waals surface area contributed by atoms with Gasteiger partial charge in [0.05, 0.1) is 24.0 Å². The number of para-hydroxylation sites is 1. The molecule has 2 N–H and O–H groups in total. The van der Waals surface area contributed by atoms with Crippen molar-refractivity contribution in [2.24, 2.45) is 0 Å². The Morgan fingerprint density at radius 1 is 0.840 bits per heavy atom. The highest BCUT2D eigenvalue weighted by atomic mass is 32.1. The Labute approximate surface area is 294 Å². The molecular formula is C35H25N3O9S3. The molecule has 12 nitrogen and oxygen atoms in total. The Kier molecular flexibility index (Phi) is 7.86. The Balaban J connectivity index is 1.32. The second-order valence-corrected chi connectivity index (χ2v) is 14.4. The summed E-state index contributed by atoms with van der Waals surface area (Å²) in [5.41, 5.74) is 1.80. The number of hydrogen-bond acceptors (Lipinski definition) is 11. The number of thiazole rings is 1. The lowest BCUT2D eigenvalue weighted by Gasteiger charge is -2.18. The molecule has 0 saturated heterocycles. The second-order valence-electron chi connectivity index (χ2n) is 11.3. The van der Waals surface area contributed by atoms with Crippen LogP contribution in [0.5, 0.6) is 23.0 Å². The zero-order chi connectivity index (χ0) is 34.7. The monoisotopic (exact) mass is 727 g/mol. The topological polar surface area (TPSA) is 162 Å². The first-order valence-corrected chi connectivity index (χ1v) is 17.9. The third kappa shape index (κ3) is 5.02. The molecule has 0 spiro atoms. The van der Waals surface area contributed by atoms with Crippen molar-refractivity contribution in [2.45, 2.75) is 20.0 Å². The van der Waals surface area contributed by atoms with E-state index >= 15 is 0 Å². The van der Waals surface area contributed by atoms with Crippen LogP contribution in [0.2, 0.25) is 0 Å². The van der Waals surface area contributed by atoms with Gasteiger partial charge in [-0.15, -0.1) is 34.0 Å². The number of rotatable bonds is 7. The summed E-state index contributed by atoms with van der Waals surface area (Å²) in [6.07, 6.45) is 1.52. The first kappa shape index (κ1) is 31.7. The molecule has 2 aliphatic heterocycles. The minimum absolute atomic E-state index is 0.0352. The summed E-state index contributed by atoms with van der Waals surface area (Å²) in [5.74, 6) is -0.851. The summed E-state index contributed by atoms with van der Waals surface area (Å²) in [5, 5.41) is 30.8. The molecule has 15 heteroatoms. The van der Waals surface area contributed by atoms with Crippen LogP contribution < -0.4 is 33.7 Å². The van der Waals surface area contributed by atoms with Crippen LogP contribution in [0.25, 0.3) is 53.6 Å². The molecule has 6 aromatic rings. The predicted molar refractivity (Wildman–Crippen MR) is 189 cm³/mol. The molecule has 8 rings (SSSR count). The summed E-state index contributed by atoms with van der Waals surface area (Å²) in [7, 11) is 0. The molecule has 0 bridgehead atoms. The molecule has 0 unspecified atom stereocenters. The van der Waals surface area contributed by atoms with Gasteiger partial charge in [-0.3, -0.25) is 14.2 Å². The fourth-order valence-electron chi connectivity index (χ4n) is 6.33. The average molecular weight is 728 g/mol. The number of aryl methyl sites for hydroxylation is 1. The third-order valence-corrected chi connectivity index (χ3v) is 12.0. The van der Waals surface area contributed by atoms with Crippen molar-refractivity contribution < 1.29 is 38.7 Å².